The highest BCUT2D eigenvalue weighted by Gasteiger charge is 2.31. The second-order valence-corrected chi connectivity index (χ2v) is 12.9. The molecule has 2 aliphatic rings. The number of nitrogens with two attached hydrogens (primary N) is 1. The Kier molecular flexibility index (Phi) is 10.5. The fourth-order valence-electron chi connectivity index (χ4n) is 5.62. The van der Waals surface area contributed by atoms with E-state index in [1.54, 1.807) is 11.0 Å². The van der Waals surface area contributed by atoms with E-state index in [0.29, 0.717) is 46.0 Å². The van der Waals surface area contributed by atoms with Crippen LogP contribution in [0.2, 0.25) is 0 Å². The van der Waals surface area contributed by atoms with E-state index in [1.807, 2.05) is 42.6 Å². The minimum absolute atomic E-state index is 0.104. The number of carboxylic acids is 1. The number of ether oxygens (including phenoxy) is 4. The molecule has 2 saturated heterocycles. The Bertz CT molecular complexity index is 1870. The van der Waals surface area contributed by atoms with Gasteiger partial charge in [-0.05, 0) is 72.2 Å². The predicted octanol–water partition coefficient (Wildman–Crippen LogP) is 5.51. The molecule has 0 radical (unpaired) electrons. The van der Waals surface area contributed by atoms with Crippen LogP contribution in [0.5, 0.6) is 17.2 Å². The molecule has 2 fully saturated rings. The molecule has 3 heterocycles. The van der Waals surface area contributed by atoms with Crippen LogP contribution < -0.4 is 19.9 Å². The van der Waals surface area contributed by atoms with E-state index in [4.69, 9.17) is 36.9 Å². The van der Waals surface area contributed by atoms with Gasteiger partial charge in [-0.2, -0.15) is 0 Å². The van der Waals surface area contributed by atoms with E-state index >= 15 is 0 Å². The number of H-pyrrole nitrogens is 1. The number of fused-ring (bicyclic) bond motifs is 1. The first kappa shape index (κ1) is 33.3. The quantitative estimate of drug-likeness (QED) is 0.0710. The van der Waals surface area contributed by atoms with Gasteiger partial charge >= 0.3 is 5.97 Å². The number of nitrogen functional groups attached to an aromatic ring is 1. The summed E-state index contributed by atoms with van der Waals surface area (Å²) in [7, 11) is 1.45. The van der Waals surface area contributed by atoms with Crippen molar-refractivity contribution in [3.05, 3.63) is 76.8 Å². The number of rotatable bonds is 13. The lowest BCUT2D eigenvalue weighted by molar-refractivity contribution is -0.122. The third kappa shape index (κ3) is 7.60. The highest BCUT2D eigenvalue weighted by molar-refractivity contribution is 8.26. The van der Waals surface area contributed by atoms with Gasteiger partial charge in [-0.1, -0.05) is 30.0 Å². The van der Waals surface area contributed by atoms with Crippen LogP contribution in [-0.2, 0) is 9.53 Å². The van der Waals surface area contributed by atoms with E-state index in [1.165, 1.54) is 31.0 Å². The molecule has 0 unspecified atom stereocenters. The number of hydrogen-bond donors (Lipinski definition) is 3. The van der Waals surface area contributed by atoms with Crippen molar-refractivity contribution < 1.29 is 33.6 Å². The molecule has 6 rings (SSSR count). The summed E-state index contributed by atoms with van der Waals surface area (Å²) in [6.45, 7) is 5.21. The smallest absolute Gasteiger partial charge is 0.335 e. The van der Waals surface area contributed by atoms with Crippen molar-refractivity contribution in [1.82, 2.24) is 14.8 Å². The van der Waals surface area contributed by atoms with Gasteiger partial charge in [0.05, 0.1) is 48.6 Å². The first-order valence-corrected chi connectivity index (χ1v) is 16.8. The Hall–Kier alpha value is -4.56. The summed E-state index contributed by atoms with van der Waals surface area (Å²) in [6, 6.07) is 16.3. The lowest BCUT2D eigenvalue weighted by Gasteiger charge is -2.26. The van der Waals surface area contributed by atoms with Crippen molar-refractivity contribution in [1.29, 1.82) is 0 Å². The van der Waals surface area contributed by atoms with Crippen molar-refractivity contribution in [2.75, 3.05) is 65.5 Å². The van der Waals surface area contributed by atoms with Gasteiger partial charge < -0.3 is 34.8 Å². The van der Waals surface area contributed by atoms with Gasteiger partial charge in [0.15, 0.2) is 11.5 Å². The molecule has 0 aliphatic carbocycles. The number of morpholine rings is 1. The molecule has 250 valence electrons. The molecule has 11 nitrogen and oxygen atoms in total. The number of hydrogen-bond acceptors (Lipinski definition) is 10. The molecule has 48 heavy (non-hydrogen) atoms. The van der Waals surface area contributed by atoms with Crippen LogP contribution in [0.25, 0.3) is 28.1 Å². The topological polar surface area (TPSA) is 140 Å². The van der Waals surface area contributed by atoms with Crippen molar-refractivity contribution in [3.63, 3.8) is 0 Å². The number of carboxylic acid groups (broad SMARTS) is 1. The largest absolute Gasteiger partial charge is 0.493 e. The van der Waals surface area contributed by atoms with E-state index < -0.39 is 5.97 Å². The molecular formula is C35H36N4O7S2. The van der Waals surface area contributed by atoms with Crippen molar-refractivity contribution in [2.45, 2.75) is 6.42 Å². The molecule has 0 atom stereocenters. The average Bonchev–Trinajstić information content (AvgIpc) is 3.68. The lowest BCUT2D eigenvalue weighted by Crippen LogP contribution is -2.38. The number of aromatic nitrogens is 1. The van der Waals surface area contributed by atoms with Gasteiger partial charge in [0.25, 0.3) is 5.91 Å². The van der Waals surface area contributed by atoms with Crippen molar-refractivity contribution >= 4 is 62.8 Å². The second-order valence-electron chi connectivity index (χ2n) is 11.3. The zero-order chi connectivity index (χ0) is 33.6. The normalized spacial score (nSPS) is 16.2. The Morgan fingerprint density at radius 2 is 1.83 bits per heavy atom. The summed E-state index contributed by atoms with van der Waals surface area (Å²) in [5, 5.41) is 10.2. The number of nitrogens with zero attached hydrogens (tertiary/aromatic N) is 2. The Morgan fingerprint density at radius 3 is 2.62 bits per heavy atom. The van der Waals surface area contributed by atoms with E-state index in [9.17, 15) is 14.7 Å². The number of benzene rings is 3. The van der Waals surface area contributed by atoms with Crippen LogP contribution in [0, 0.1) is 0 Å². The van der Waals surface area contributed by atoms with Crippen LogP contribution in [0.4, 0.5) is 5.69 Å². The van der Waals surface area contributed by atoms with E-state index in [0.717, 1.165) is 66.2 Å². The second kappa shape index (κ2) is 15.1. The standard InChI is InChI=1S/C35H36N4O7S2/c1-43-30-21-24(34(41)42)4-6-29(30)45-13-2-9-39-33(40)31(48-35(39)47)18-22-3-5-28(46-16-12-38-10-14-44-15-11-38)26(17-22)25-19-23-7-8-37-32(23)27(36)20-25/h3-8,17-21,37H,2,9-16,36H2,1H3,(H,41,42)/b31-18-. The minimum atomic E-state index is -1.05. The fraction of sp³-hybridized carbons (Fsp3) is 0.286. The van der Waals surface area contributed by atoms with Crippen LogP contribution in [-0.4, -0.2) is 95.8 Å². The van der Waals surface area contributed by atoms with Gasteiger partial charge in [0.1, 0.15) is 16.7 Å². The maximum atomic E-state index is 13.4. The van der Waals surface area contributed by atoms with Crippen LogP contribution in [0.3, 0.4) is 0 Å². The number of carbonyl (C=O) groups is 2. The monoisotopic (exact) mass is 688 g/mol. The summed E-state index contributed by atoms with van der Waals surface area (Å²) in [5.74, 6) is 0.266. The molecule has 0 spiro atoms. The van der Waals surface area contributed by atoms with Crippen molar-refractivity contribution in [2.24, 2.45) is 0 Å². The molecule has 2 aliphatic heterocycles. The molecule has 0 saturated carbocycles. The summed E-state index contributed by atoms with van der Waals surface area (Å²) in [6.07, 6.45) is 4.22. The zero-order valence-corrected chi connectivity index (χ0v) is 28.0. The molecule has 1 amide bonds. The first-order chi connectivity index (χ1) is 23.3. The summed E-state index contributed by atoms with van der Waals surface area (Å²) in [4.78, 5) is 32.3. The number of methoxy groups -OCH3 is 1. The van der Waals surface area contributed by atoms with Gasteiger partial charge in [-0.15, -0.1) is 0 Å². The van der Waals surface area contributed by atoms with Gasteiger partial charge in [0.2, 0.25) is 0 Å². The highest BCUT2D eigenvalue weighted by atomic mass is 32.2. The van der Waals surface area contributed by atoms with Crippen LogP contribution >= 0.6 is 24.0 Å². The minimum Gasteiger partial charge on any atom is -0.493 e. The Labute approximate surface area is 287 Å². The van der Waals surface area contributed by atoms with E-state index in [-0.39, 0.29) is 18.1 Å². The van der Waals surface area contributed by atoms with Crippen LogP contribution in [0.1, 0.15) is 22.3 Å². The molecule has 4 aromatic rings. The molecule has 13 heteroatoms. The third-order valence-electron chi connectivity index (χ3n) is 8.14. The molecule has 4 N–H and O–H groups in total. The Balaban J connectivity index is 1.15. The maximum Gasteiger partial charge on any atom is 0.335 e. The average molecular weight is 689 g/mol. The molecule has 1 aromatic heterocycles. The summed E-state index contributed by atoms with van der Waals surface area (Å²) in [5.41, 5.74) is 10.7. The number of anilines is 1. The number of carbonyl (C=O) groups excluding carboxylic acids is 1. The highest BCUT2D eigenvalue weighted by Crippen LogP contribution is 2.38. The summed E-state index contributed by atoms with van der Waals surface area (Å²) < 4.78 is 23.4. The first-order valence-electron chi connectivity index (χ1n) is 15.5. The third-order valence-corrected chi connectivity index (χ3v) is 9.52. The maximum absolute atomic E-state index is 13.4. The number of aromatic amines is 1. The Morgan fingerprint density at radius 1 is 1.04 bits per heavy atom. The molecule has 3 aromatic carbocycles. The predicted molar refractivity (Wildman–Crippen MR) is 191 cm³/mol. The number of thiocarbonyl (C=S) groups is 1. The molecule has 0 bridgehead atoms. The van der Waals surface area contributed by atoms with Gasteiger partial charge in [-0.3, -0.25) is 14.6 Å². The van der Waals surface area contributed by atoms with E-state index in [2.05, 4.69) is 16.0 Å². The van der Waals surface area contributed by atoms with Crippen molar-refractivity contribution in [3.8, 4) is 28.4 Å². The van der Waals surface area contributed by atoms with Gasteiger partial charge in [0, 0.05) is 43.3 Å². The van der Waals surface area contributed by atoms with Crippen LogP contribution in [0.15, 0.2) is 65.7 Å². The summed E-state index contributed by atoms with van der Waals surface area (Å²) >= 11 is 6.83. The zero-order valence-electron chi connectivity index (χ0n) is 26.4. The number of thioether (sulfide) groups is 1. The number of nitrogens with one attached hydrogen (secondary N) is 1. The SMILES string of the molecule is COc1cc(C(=O)O)ccc1OCCCN1C(=O)/C(=C/c2ccc(OCCN3CCOCC3)c(-c3cc(N)c4[nH]ccc4c3)c2)SC1=S. The number of aromatic carboxylic acids is 1. The number of amides is 1. The lowest BCUT2D eigenvalue weighted by atomic mass is 9.99. The van der Waals surface area contributed by atoms with Gasteiger partial charge in [-0.25, -0.2) is 4.79 Å². The fourth-order valence-corrected chi connectivity index (χ4v) is 6.93. The molecular weight excluding hydrogens is 653 g/mol.